The van der Waals surface area contributed by atoms with Gasteiger partial charge in [0.1, 0.15) is 11.6 Å². The molecule has 1 atom stereocenters. The van der Waals surface area contributed by atoms with Crippen molar-refractivity contribution in [3.05, 3.63) is 47.7 Å². The fraction of sp³-hybridized carbons (Fsp3) is 0.480. The number of nitrogens with two attached hydrogens (primary N) is 1. The van der Waals surface area contributed by atoms with Crippen LogP contribution in [0.15, 0.2) is 41.7 Å². The fourth-order valence-corrected chi connectivity index (χ4v) is 4.85. The van der Waals surface area contributed by atoms with E-state index in [1.165, 1.54) is 12.1 Å². The fourth-order valence-electron chi connectivity index (χ4n) is 4.85. The molecular weight excluding hydrogens is 475 g/mol. The van der Waals surface area contributed by atoms with Crippen LogP contribution in [0.5, 0.6) is 5.75 Å². The van der Waals surface area contributed by atoms with Gasteiger partial charge in [-0.3, -0.25) is 4.79 Å². The third-order valence-electron chi connectivity index (χ3n) is 6.83. The van der Waals surface area contributed by atoms with Crippen LogP contribution in [0.25, 0.3) is 0 Å². The number of benzene rings is 1. The summed E-state index contributed by atoms with van der Waals surface area (Å²) in [6.07, 6.45) is 2.87. The van der Waals surface area contributed by atoms with Gasteiger partial charge in [0.15, 0.2) is 0 Å². The van der Waals surface area contributed by atoms with Gasteiger partial charge in [0.25, 0.3) is 5.91 Å². The molecular formula is C25H30F3N5O3. The first-order chi connectivity index (χ1) is 17.2. The Morgan fingerprint density at radius 1 is 1.14 bits per heavy atom. The van der Waals surface area contributed by atoms with E-state index in [0.29, 0.717) is 43.2 Å². The summed E-state index contributed by atoms with van der Waals surface area (Å²) in [6, 6.07) is 7.13. The van der Waals surface area contributed by atoms with Crippen molar-refractivity contribution in [3.63, 3.8) is 0 Å². The zero-order valence-corrected chi connectivity index (χ0v) is 19.8. The second kappa shape index (κ2) is 11.0. The molecule has 194 valence electrons. The number of rotatable bonds is 5. The Morgan fingerprint density at radius 3 is 2.53 bits per heavy atom. The van der Waals surface area contributed by atoms with Crippen molar-refractivity contribution < 1.29 is 27.9 Å². The Kier molecular flexibility index (Phi) is 7.85. The maximum Gasteiger partial charge on any atom is 0.573 e. The van der Waals surface area contributed by atoms with E-state index in [4.69, 9.17) is 10.9 Å². The average Bonchev–Trinajstić information content (AvgIpc) is 3.11. The Hall–Kier alpha value is -3.50. The number of oxime groups is 1. The van der Waals surface area contributed by atoms with E-state index in [-0.39, 0.29) is 17.7 Å². The summed E-state index contributed by atoms with van der Waals surface area (Å²) in [4.78, 5) is 18.9. The second-order valence-corrected chi connectivity index (χ2v) is 9.28. The van der Waals surface area contributed by atoms with Crippen LogP contribution >= 0.6 is 0 Å². The van der Waals surface area contributed by atoms with E-state index in [0.717, 1.165) is 61.2 Å². The zero-order chi connectivity index (χ0) is 25.7. The number of halogens is 3. The van der Waals surface area contributed by atoms with Crippen molar-refractivity contribution in [2.24, 2.45) is 5.16 Å². The molecule has 1 saturated carbocycles. The normalized spacial score (nSPS) is 20.7. The summed E-state index contributed by atoms with van der Waals surface area (Å²) in [5, 5.41) is 16.0. The van der Waals surface area contributed by atoms with E-state index in [1.54, 1.807) is 4.90 Å². The van der Waals surface area contributed by atoms with E-state index in [1.807, 2.05) is 6.20 Å². The third kappa shape index (κ3) is 6.58. The van der Waals surface area contributed by atoms with Crippen molar-refractivity contribution >= 4 is 23.1 Å². The summed E-state index contributed by atoms with van der Waals surface area (Å²) in [5.74, 6) is 0.158. The predicted molar refractivity (Wildman–Crippen MR) is 129 cm³/mol. The summed E-state index contributed by atoms with van der Waals surface area (Å²) < 4.78 is 40.9. The van der Waals surface area contributed by atoms with Crippen molar-refractivity contribution in [1.82, 2.24) is 9.88 Å². The first-order valence-electron chi connectivity index (χ1n) is 12.1. The number of alkyl halides is 3. The minimum atomic E-state index is -4.77. The number of hydrogen-bond acceptors (Lipinski definition) is 7. The SMILES string of the molecule is Nc1ncc(C2CCC/C(=N\O)CC2)cc1NC1CCN(C(=O)c2ccc(OC(F)(F)F)cc2)CC1. The summed E-state index contributed by atoms with van der Waals surface area (Å²) in [5.41, 5.74) is 9.18. The molecule has 1 aromatic heterocycles. The molecule has 1 aliphatic heterocycles. The van der Waals surface area contributed by atoms with Gasteiger partial charge in [0, 0.05) is 30.9 Å². The number of nitrogens with one attached hydrogen (secondary N) is 1. The van der Waals surface area contributed by atoms with Crippen molar-refractivity contribution in [2.45, 2.75) is 63.3 Å². The van der Waals surface area contributed by atoms with Crippen LogP contribution < -0.4 is 15.8 Å². The molecule has 2 aromatic rings. The quantitative estimate of drug-likeness (QED) is 0.294. The smallest absolute Gasteiger partial charge is 0.411 e. The highest BCUT2D eigenvalue weighted by molar-refractivity contribution is 5.94. The van der Waals surface area contributed by atoms with Crippen molar-refractivity contribution in [2.75, 3.05) is 24.1 Å². The summed E-state index contributed by atoms with van der Waals surface area (Å²) >= 11 is 0. The van der Waals surface area contributed by atoms with Crippen LogP contribution in [0.4, 0.5) is 24.7 Å². The Labute approximate surface area is 207 Å². The molecule has 2 fully saturated rings. The molecule has 4 rings (SSSR count). The first-order valence-corrected chi connectivity index (χ1v) is 12.1. The number of amides is 1. The molecule has 0 bridgehead atoms. The lowest BCUT2D eigenvalue weighted by molar-refractivity contribution is -0.274. The van der Waals surface area contributed by atoms with Gasteiger partial charge >= 0.3 is 6.36 Å². The maximum atomic E-state index is 12.8. The van der Waals surface area contributed by atoms with Gasteiger partial charge in [-0.25, -0.2) is 4.98 Å². The van der Waals surface area contributed by atoms with Crippen molar-refractivity contribution in [1.29, 1.82) is 0 Å². The molecule has 4 N–H and O–H groups in total. The highest BCUT2D eigenvalue weighted by atomic mass is 19.4. The lowest BCUT2D eigenvalue weighted by Gasteiger charge is -2.33. The Balaban J connectivity index is 1.33. The summed E-state index contributed by atoms with van der Waals surface area (Å²) in [7, 11) is 0. The topological polar surface area (TPSA) is 113 Å². The molecule has 1 amide bonds. The predicted octanol–water partition coefficient (Wildman–Crippen LogP) is 5.16. The van der Waals surface area contributed by atoms with E-state index in [9.17, 15) is 18.0 Å². The molecule has 2 aliphatic rings. The second-order valence-electron chi connectivity index (χ2n) is 9.28. The van der Waals surface area contributed by atoms with Crippen LogP contribution in [-0.2, 0) is 0 Å². The number of pyridine rings is 1. The largest absolute Gasteiger partial charge is 0.573 e. The Morgan fingerprint density at radius 2 is 1.86 bits per heavy atom. The Bertz CT molecular complexity index is 1080. The van der Waals surface area contributed by atoms with Gasteiger partial charge in [-0.2, -0.15) is 0 Å². The molecule has 0 radical (unpaired) electrons. The molecule has 1 unspecified atom stereocenters. The number of nitrogen functional groups attached to an aromatic ring is 1. The molecule has 1 saturated heterocycles. The number of anilines is 2. The molecule has 11 heteroatoms. The van der Waals surface area contributed by atoms with Gasteiger partial charge in [-0.15, -0.1) is 13.2 Å². The number of carbonyl (C=O) groups is 1. The molecule has 1 aromatic carbocycles. The highest BCUT2D eigenvalue weighted by Crippen LogP contribution is 2.33. The molecule has 0 spiro atoms. The minimum Gasteiger partial charge on any atom is -0.411 e. The molecule has 1 aliphatic carbocycles. The van der Waals surface area contributed by atoms with Gasteiger partial charge in [0.05, 0.1) is 11.4 Å². The third-order valence-corrected chi connectivity index (χ3v) is 6.83. The molecule has 8 nitrogen and oxygen atoms in total. The van der Waals surface area contributed by atoms with Crippen LogP contribution in [0, 0.1) is 0 Å². The number of nitrogens with zero attached hydrogens (tertiary/aromatic N) is 3. The van der Waals surface area contributed by atoms with E-state index >= 15 is 0 Å². The van der Waals surface area contributed by atoms with E-state index < -0.39 is 6.36 Å². The van der Waals surface area contributed by atoms with Crippen LogP contribution in [-0.4, -0.2) is 52.2 Å². The number of carbonyl (C=O) groups excluding carboxylic acids is 1. The summed E-state index contributed by atoms with van der Waals surface area (Å²) in [6.45, 7) is 1.02. The monoisotopic (exact) mass is 505 g/mol. The number of piperidine rings is 1. The average molecular weight is 506 g/mol. The number of aromatic nitrogens is 1. The van der Waals surface area contributed by atoms with Gasteiger partial charge in [-0.1, -0.05) is 5.16 Å². The van der Waals surface area contributed by atoms with Gasteiger partial charge in [0.2, 0.25) is 0 Å². The number of ether oxygens (including phenoxy) is 1. The molecule has 36 heavy (non-hydrogen) atoms. The first kappa shape index (κ1) is 25.6. The lowest BCUT2D eigenvalue weighted by atomic mass is 9.92. The molecule has 2 heterocycles. The van der Waals surface area contributed by atoms with Gasteiger partial charge in [-0.05, 0) is 86.8 Å². The standard InChI is InChI=1S/C25H30F3N5O3/c26-25(27,28)36-21-8-5-17(6-9-21)24(34)33-12-10-19(11-13-33)31-22-14-18(15-30-23(22)29)16-2-1-3-20(32-35)7-4-16/h5-6,8-9,14-16,19,31,35H,1-4,7,10-13H2,(H2,29,30)/b32-20+. The van der Waals surface area contributed by atoms with Crippen molar-refractivity contribution in [3.8, 4) is 5.75 Å². The zero-order valence-electron chi connectivity index (χ0n) is 19.8. The maximum absolute atomic E-state index is 12.8. The van der Waals surface area contributed by atoms with E-state index in [2.05, 4.69) is 26.3 Å². The minimum absolute atomic E-state index is 0.109. The van der Waals surface area contributed by atoms with Crippen LogP contribution in [0.1, 0.15) is 66.8 Å². The van der Waals surface area contributed by atoms with Crippen LogP contribution in [0.2, 0.25) is 0 Å². The lowest BCUT2D eigenvalue weighted by Crippen LogP contribution is -2.42. The highest BCUT2D eigenvalue weighted by Gasteiger charge is 2.31. The number of hydrogen-bond donors (Lipinski definition) is 3. The van der Waals surface area contributed by atoms with Crippen LogP contribution in [0.3, 0.4) is 0 Å². The van der Waals surface area contributed by atoms with Gasteiger partial charge < -0.3 is 25.9 Å². The number of likely N-dealkylation sites (tertiary alicyclic amines) is 1.